The Labute approximate surface area is 103 Å². The molecule has 3 atom stereocenters. The number of hydrogen-bond acceptors (Lipinski definition) is 5. The lowest BCUT2D eigenvalue weighted by Gasteiger charge is -2.17. The van der Waals surface area contributed by atoms with E-state index in [0.29, 0.717) is 12.8 Å². The topological polar surface area (TPSA) is 107 Å². The zero-order valence-electron chi connectivity index (χ0n) is 10.1. The van der Waals surface area contributed by atoms with Gasteiger partial charge in [-0.1, -0.05) is 0 Å². The number of anilines is 1. The van der Waals surface area contributed by atoms with Crippen LogP contribution in [0.3, 0.4) is 0 Å². The van der Waals surface area contributed by atoms with Crippen molar-refractivity contribution in [2.45, 2.75) is 25.0 Å². The number of nitrogens with zero attached hydrogens (tertiary/aromatic N) is 1. The molecule has 1 aromatic heterocycles. The van der Waals surface area contributed by atoms with Crippen molar-refractivity contribution in [2.75, 3.05) is 19.0 Å². The first-order valence-electron chi connectivity index (χ1n) is 5.89. The molecule has 0 amide bonds. The average Bonchev–Trinajstić information content (AvgIpc) is 2.71. The molecule has 1 heterocycles. The number of aliphatic hydroxyl groups excluding tert-OH is 2. The van der Waals surface area contributed by atoms with E-state index in [1.165, 1.54) is 10.8 Å². The Hall–Kier alpha value is -1.60. The highest BCUT2D eigenvalue weighted by atomic mass is 16.3. The molecule has 0 unspecified atom stereocenters. The second kappa shape index (κ2) is 4.95. The van der Waals surface area contributed by atoms with Crippen LogP contribution in [0.25, 0.3) is 0 Å². The fraction of sp³-hybridized carbons (Fsp3) is 0.636. The monoisotopic (exact) mass is 255 g/mol. The van der Waals surface area contributed by atoms with E-state index >= 15 is 0 Å². The minimum absolute atomic E-state index is 0.00938. The first-order chi connectivity index (χ1) is 8.56. The fourth-order valence-electron chi connectivity index (χ4n) is 2.45. The molecule has 0 radical (unpaired) electrons. The molecule has 1 aliphatic rings. The maximum absolute atomic E-state index is 11.7. The quantitative estimate of drug-likeness (QED) is 0.547. The highest BCUT2D eigenvalue weighted by Crippen LogP contribution is 2.33. The van der Waals surface area contributed by atoms with E-state index in [1.54, 1.807) is 7.05 Å². The van der Waals surface area contributed by atoms with Crippen LogP contribution in [-0.2, 0) is 0 Å². The summed E-state index contributed by atoms with van der Waals surface area (Å²) in [7, 11) is 1.58. The van der Waals surface area contributed by atoms with Crippen molar-refractivity contribution in [1.82, 2.24) is 9.55 Å². The summed E-state index contributed by atoms with van der Waals surface area (Å²) < 4.78 is 1.33. The van der Waals surface area contributed by atoms with Crippen molar-refractivity contribution in [2.24, 2.45) is 5.92 Å². The van der Waals surface area contributed by atoms with Crippen LogP contribution in [0.4, 0.5) is 5.69 Å². The van der Waals surface area contributed by atoms with Gasteiger partial charge in [0, 0.05) is 19.9 Å². The Balaban J connectivity index is 2.39. The van der Waals surface area contributed by atoms with E-state index in [2.05, 4.69) is 10.3 Å². The Bertz CT molecular complexity index is 536. The number of hydrogen-bond donors (Lipinski definition) is 4. The van der Waals surface area contributed by atoms with Crippen LogP contribution in [0.15, 0.2) is 15.8 Å². The molecule has 1 saturated carbocycles. The molecule has 0 saturated heterocycles. The molecule has 0 aromatic carbocycles. The number of aliphatic hydroxyl groups is 2. The lowest BCUT2D eigenvalue weighted by Crippen LogP contribution is -2.35. The molecule has 0 bridgehead atoms. The molecule has 4 N–H and O–H groups in total. The smallest absolute Gasteiger partial charge is 0.328 e. The summed E-state index contributed by atoms with van der Waals surface area (Å²) in [5.41, 5.74) is -0.749. The van der Waals surface area contributed by atoms with Gasteiger partial charge in [-0.25, -0.2) is 4.79 Å². The Morgan fingerprint density at radius 3 is 2.78 bits per heavy atom. The van der Waals surface area contributed by atoms with Crippen molar-refractivity contribution < 1.29 is 10.2 Å². The Morgan fingerprint density at radius 1 is 1.50 bits per heavy atom. The van der Waals surface area contributed by atoms with E-state index in [-0.39, 0.29) is 18.2 Å². The van der Waals surface area contributed by atoms with Gasteiger partial charge >= 0.3 is 5.69 Å². The standard InChI is InChI=1S/C11H17N3O4/c1-12-7-4-14(11(18)13-10(7)17)8-2-6(5-15)3-9(8)16/h4,6,8-9,12,15-16H,2-3,5H2,1H3,(H,13,17,18)/t6-,8+,9+/m0/s1. The molecule has 1 fully saturated rings. The highest BCUT2D eigenvalue weighted by Gasteiger charge is 2.34. The van der Waals surface area contributed by atoms with E-state index in [0.717, 1.165) is 0 Å². The Kier molecular flexibility index (Phi) is 3.53. The van der Waals surface area contributed by atoms with Gasteiger partial charge in [-0.2, -0.15) is 0 Å². The summed E-state index contributed by atoms with van der Waals surface area (Å²) >= 11 is 0. The first kappa shape index (κ1) is 12.8. The van der Waals surface area contributed by atoms with Crippen LogP contribution < -0.4 is 16.6 Å². The molecule has 0 aliphatic heterocycles. The number of aromatic amines is 1. The van der Waals surface area contributed by atoms with Gasteiger partial charge in [0.15, 0.2) is 0 Å². The maximum Gasteiger partial charge on any atom is 0.328 e. The summed E-state index contributed by atoms with van der Waals surface area (Å²) in [5.74, 6) is -0.0122. The molecule has 1 aromatic rings. The predicted octanol–water partition coefficient (Wildman–Crippen LogP) is -1.12. The summed E-state index contributed by atoms with van der Waals surface area (Å²) in [6, 6.07) is -0.404. The second-order valence-electron chi connectivity index (χ2n) is 4.61. The van der Waals surface area contributed by atoms with Crippen molar-refractivity contribution >= 4 is 5.69 Å². The van der Waals surface area contributed by atoms with Gasteiger partial charge < -0.3 is 15.5 Å². The molecule has 18 heavy (non-hydrogen) atoms. The van der Waals surface area contributed by atoms with Gasteiger partial charge in [-0.05, 0) is 18.8 Å². The molecular formula is C11H17N3O4. The lowest BCUT2D eigenvalue weighted by atomic mass is 10.1. The van der Waals surface area contributed by atoms with Crippen LogP contribution in [0.2, 0.25) is 0 Å². The molecule has 0 spiro atoms. The molecule has 7 nitrogen and oxygen atoms in total. The van der Waals surface area contributed by atoms with Crippen molar-refractivity contribution in [1.29, 1.82) is 0 Å². The molecule has 2 rings (SSSR count). The zero-order valence-corrected chi connectivity index (χ0v) is 10.1. The average molecular weight is 255 g/mol. The second-order valence-corrected chi connectivity index (χ2v) is 4.61. The van der Waals surface area contributed by atoms with Crippen molar-refractivity contribution in [3.05, 3.63) is 27.0 Å². The summed E-state index contributed by atoms with van der Waals surface area (Å²) in [4.78, 5) is 25.4. The number of rotatable bonds is 3. The van der Waals surface area contributed by atoms with E-state index in [4.69, 9.17) is 5.11 Å². The van der Waals surface area contributed by atoms with Crippen LogP contribution in [0, 0.1) is 5.92 Å². The van der Waals surface area contributed by atoms with Crippen LogP contribution in [0.5, 0.6) is 0 Å². The van der Waals surface area contributed by atoms with Gasteiger partial charge in [0.1, 0.15) is 5.69 Å². The molecule has 1 aliphatic carbocycles. The fourth-order valence-corrected chi connectivity index (χ4v) is 2.45. The minimum atomic E-state index is -0.685. The van der Waals surface area contributed by atoms with Crippen LogP contribution in [0.1, 0.15) is 18.9 Å². The molecule has 100 valence electrons. The van der Waals surface area contributed by atoms with E-state index in [9.17, 15) is 14.7 Å². The third-order valence-corrected chi connectivity index (χ3v) is 3.45. The van der Waals surface area contributed by atoms with Gasteiger partial charge in [0.2, 0.25) is 0 Å². The third kappa shape index (κ3) is 2.19. The van der Waals surface area contributed by atoms with Gasteiger partial charge in [0.25, 0.3) is 5.56 Å². The summed E-state index contributed by atoms with van der Waals surface area (Å²) in [6.07, 6.45) is 1.71. The van der Waals surface area contributed by atoms with Crippen LogP contribution >= 0.6 is 0 Å². The highest BCUT2D eigenvalue weighted by molar-refractivity contribution is 5.36. The predicted molar refractivity (Wildman–Crippen MR) is 65.7 cm³/mol. The summed E-state index contributed by atoms with van der Waals surface area (Å²) in [6.45, 7) is -0.00938. The largest absolute Gasteiger partial charge is 0.396 e. The third-order valence-electron chi connectivity index (χ3n) is 3.45. The lowest BCUT2D eigenvalue weighted by molar-refractivity contribution is 0.129. The minimum Gasteiger partial charge on any atom is -0.396 e. The van der Waals surface area contributed by atoms with E-state index in [1.807, 2.05) is 0 Å². The van der Waals surface area contributed by atoms with Gasteiger partial charge in [-0.3, -0.25) is 14.3 Å². The zero-order chi connectivity index (χ0) is 13.3. The molecule has 7 heteroatoms. The van der Waals surface area contributed by atoms with Crippen molar-refractivity contribution in [3.8, 4) is 0 Å². The first-order valence-corrected chi connectivity index (χ1v) is 5.89. The Morgan fingerprint density at radius 2 is 2.22 bits per heavy atom. The van der Waals surface area contributed by atoms with Gasteiger partial charge in [-0.15, -0.1) is 0 Å². The summed E-state index contributed by atoms with van der Waals surface area (Å²) in [5, 5.41) is 21.7. The normalized spacial score (nSPS) is 27.4. The van der Waals surface area contributed by atoms with Crippen LogP contribution in [-0.4, -0.2) is 39.5 Å². The van der Waals surface area contributed by atoms with E-state index < -0.39 is 23.4 Å². The number of nitrogens with one attached hydrogen (secondary N) is 2. The maximum atomic E-state index is 11.7. The van der Waals surface area contributed by atoms with Gasteiger partial charge in [0.05, 0.1) is 12.1 Å². The number of H-pyrrole nitrogens is 1. The van der Waals surface area contributed by atoms with Crippen molar-refractivity contribution in [3.63, 3.8) is 0 Å². The number of aromatic nitrogens is 2. The molecular weight excluding hydrogens is 238 g/mol. The SMILES string of the molecule is CNc1cn([C@@H]2C[C@H](CO)C[C@H]2O)c(=O)[nH]c1=O.